The van der Waals surface area contributed by atoms with Gasteiger partial charge in [-0.1, -0.05) is 62.3 Å². The zero-order valence-corrected chi connectivity index (χ0v) is 14.7. The van der Waals surface area contributed by atoms with Gasteiger partial charge in [-0.25, -0.2) is 0 Å². The van der Waals surface area contributed by atoms with Crippen LogP contribution in [0.15, 0.2) is 0 Å². The number of hydrogen-bond acceptors (Lipinski definition) is 4. The Morgan fingerprint density at radius 2 is 1.11 bits per heavy atom. The molecular formula is C14H28O4Si. The van der Waals surface area contributed by atoms with Crippen LogP contribution >= 0.6 is 0 Å². The molecule has 1 spiro atoms. The highest BCUT2D eigenvalue weighted by atomic mass is 28.4. The van der Waals surface area contributed by atoms with Crippen molar-refractivity contribution in [2.24, 2.45) is 16.2 Å². The lowest BCUT2D eigenvalue weighted by Crippen LogP contribution is -2.84. The second kappa shape index (κ2) is 3.83. The summed E-state index contributed by atoms with van der Waals surface area (Å²) >= 11 is 0. The van der Waals surface area contributed by atoms with Gasteiger partial charge in [-0.3, -0.25) is 0 Å². The molecule has 0 aromatic carbocycles. The van der Waals surface area contributed by atoms with Gasteiger partial charge in [0.2, 0.25) is 0 Å². The average molecular weight is 288 g/mol. The SMILES string of the molecule is CC(C)(C)C1O[Si]2(O1)OC(C(C)(C)C)(C(C)(C)C)O2. The Morgan fingerprint density at radius 3 is 1.37 bits per heavy atom. The summed E-state index contributed by atoms with van der Waals surface area (Å²) in [6.07, 6.45) is -0.225. The van der Waals surface area contributed by atoms with E-state index in [-0.39, 0.29) is 22.5 Å². The largest absolute Gasteiger partial charge is 0.688 e. The fourth-order valence-electron chi connectivity index (χ4n) is 2.82. The molecule has 0 bridgehead atoms. The van der Waals surface area contributed by atoms with Crippen LogP contribution in [-0.4, -0.2) is 21.1 Å². The first-order valence-corrected chi connectivity index (χ1v) is 8.62. The van der Waals surface area contributed by atoms with Crippen molar-refractivity contribution in [2.45, 2.75) is 74.4 Å². The van der Waals surface area contributed by atoms with Gasteiger partial charge >= 0.3 is 9.05 Å². The highest BCUT2D eigenvalue weighted by molar-refractivity contribution is 6.57. The molecule has 0 radical (unpaired) electrons. The van der Waals surface area contributed by atoms with Gasteiger partial charge in [-0.2, -0.15) is 0 Å². The van der Waals surface area contributed by atoms with Crippen LogP contribution in [0.1, 0.15) is 62.3 Å². The standard InChI is InChI=1S/C14H28O4Si/c1-11(2,3)10-15-19(16-10)17-14(18-19,12(4,5)6)13(7,8)9/h10H,1-9H3. The molecule has 2 saturated heterocycles. The third-order valence-corrected chi connectivity index (χ3v) is 5.80. The molecular weight excluding hydrogens is 260 g/mol. The summed E-state index contributed by atoms with van der Waals surface area (Å²) in [5.74, 6) is -0.644. The van der Waals surface area contributed by atoms with Gasteiger partial charge < -0.3 is 17.7 Å². The molecule has 0 aromatic heterocycles. The van der Waals surface area contributed by atoms with Crippen molar-refractivity contribution in [1.82, 2.24) is 0 Å². The van der Waals surface area contributed by atoms with E-state index in [0.29, 0.717) is 0 Å². The highest BCUT2D eigenvalue weighted by Crippen LogP contribution is 2.60. The van der Waals surface area contributed by atoms with Gasteiger partial charge in [-0.05, 0) is 0 Å². The van der Waals surface area contributed by atoms with Crippen molar-refractivity contribution in [3.63, 3.8) is 0 Å². The second-order valence-corrected chi connectivity index (χ2v) is 10.6. The molecule has 0 N–H and O–H groups in total. The summed E-state index contributed by atoms with van der Waals surface area (Å²) in [5, 5.41) is 0. The average Bonchev–Trinajstić information content (AvgIpc) is 1.88. The first-order chi connectivity index (χ1) is 8.23. The molecule has 0 atom stereocenters. The minimum absolute atomic E-state index is 0.0489. The van der Waals surface area contributed by atoms with Gasteiger partial charge in [0.15, 0.2) is 12.1 Å². The van der Waals surface area contributed by atoms with E-state index < -0.39 is 14.8 Å². The molecule has 2 rings (SSSR count). The van der Waals surface area contributed by atoms with Crippen molar-refractivity contribution >= 4 is 9.05 Å². The smallest absolute Gasteiger partial charge is 0.324 e. The molecule has 2 heterocycles. The normalized spacial score (nSPS) is 27.0. The Bertz CT molecular complexity index is 342. The molecule has 2 aliphatic heterocycles. The number of rotatable bonds is 0. The topological polar surface area (TPSA) is 36.9 Å². The maximum Gasteiger partial charge on any atom is 0.688 e. The van der Waals surface area contributed by atoms with Crippen molar-refractivity contribution in [3.8, 4) is 0 Å². The van der Waals surface area contributed by atoms with Crippen molar-refractivity contribution in [2.75, 3.05) is 0 Å². The summed E-state index contributed by atoms with van der Waals surface area (Å²) in [6.45, 7) is 19.0. The predicted octanol–water partition coefficient (Wildman–Crippen LogP) is 3.68. The van der Waals surface area contributed by atoms with Crippen LogP contribution in [0.5, 0.6) is 0 Å². The van der Waals surface area contributed by atoms with E-state index in [1.807, 2.05) is 0 Å². The Balaban J connectivity index is 2.09. The van der Waals surface area contributed by atoms with Crippen molar-refractivity contribution in [3.05, 3.63) is 0 Å². The summed E-state index contributed by atoms with van der Waals surface area (Å²) in [6, 6.07) is 0. The fraction of sp³-hybridized carbons (Fsp3) is 1.00. The van der Waals surface area contributed by atoms with Gasteiger partial charge in [0, 0.05) is 16.2 Å². The predicted molar refractivity (Wildman–Crippen MR) is 75.0 cm³/mol. The minimum atomic E-state index is -2.82. The van der Waals surface area contributed by atoms with Crippen molar-refractivity contribution in [1.29, 1.82) is 0 Å². The molecule has 0 aromatic rings. The maximum atomic E-state index is 6.18. The van der Waals surface area contributed by atoms with E-state index in [4.69, 9.17) is 17.7 Å². The summed E-state index contributed by atoms with van der Waals surface area (Å²) < 4.78 is 24.0. The molecule has 0 unspecified atom stereocenters. The fourth-order valence-corrected chi connectivity index (χ4v) is 6.20. The van der Waals surface area contributed by atoms with Crippen LogP contribution in [0.4, 0.5) is 0 Å². The van der Waals surface area contributed by atoms with Gasteiger partial charge in [0.1, 0.15) is 0 Å². The summed E-state index contributed by atoms with van der Waals surface area (Å²) in [4.78, 5) is 0. The monoisotopic (exact) mass is 288 g/mol. The summed E-state index contributed by atoms with van der Waals surface area (Å²) in [7, 11) is -2.82. The minimum Gasteiger partial charge on any atom is -0.324 e. The third-order valence-electron chi connectivity index (χ3n) is 3.72. The lowest BCUT2D eigenvalue weighted by molar-refractivity contribution is -0.435. The van der Waals surface area contributed by atoms with Gasteiger partial charge in [-0.15, -0.1) is 0 Å². The number of hydrogen-bond donors (Lipinski definition) is 0. The van der Waals surface area contributed by atoms with E-state index in [1.165, 1.54) is 0 Å². The third kappa shape index (κ3) is 2.19. The zero-order chi connectivity index (χ0) is 14.9. The van der Waals surface area contributed by atoms with Gasteiger partial charge in [0.25, 0.3) is 0 Å². The van der Waals surface area contributed by atoms with E-state index in [0.717, 1.165) is 0 Å². The Morgan fingerprint density at radius 1 is 0.737 bits per heavy atom. The first-order valence-electron chi connectivity index (χ1n) is 6.98. The Hall–Kier alpha value is 0.0569. The van der Waals surface area contributed by atoms with Gasteiger partial charge in [0.05, 0.1) is 0 Å². The van der Waals surface area contributed by atoms with E-state index in [1.54, 1.807) is 0 Å². The van der Waals surface area contributed by atoms with Crippen molar-refractivity contribution < 1.29 is 17.7 Å². The lowest BCUT2D eigenvalue weighted by atomic mass is 9.70. The lowest BCUT2D eigenvalue weighted by Gasteiger charge is -2.66. The van der Waals surface area contributed by atoms with Crippen LogP contribution < -0.4 is 0 Å². The van der Waals surface area contributed by atoms with Crippen LogP contribution in [0, 0.1) is 16.2 Å². The van der Waals surface area contributed by atoms with E-state index in [9.17, 15) is 0 Å². The molecule has 0 amide bonds. The molecule has 5 heteroatoms. The summed E-state index contributed by atoms with van der Waals surface area (Å²) in [5.41, 5.74) is -0.321. The van der Waals surface area contributed by atoms with Crippen LogP contribution in [0.2, 0.25) is 0 Å². The van der Waals surface area contributed by atoms with Crippen LogP contribution in [0.3, 0.4) is 0 Å². The molecule has 0 saturated carbocycles. The molecule has 2 aliphatic rings. The van der Waals surface area contributed by atoms with E-state index in [2.05, 4.69) is 62.3 Å². The molecule has 19 heavy (non-hydrogen) atoms. The van der Waals surface area contributed by atoms with E-state index >= 15 is 0 Å². The Labute approximate surface area is 118 Å². The van der Waals surface area contributed by atoms with Crippen LogP contribution in [-0.2, 0) is 17.7 Å². The quantitative estimate of drug-likeness (QED) is 0.637. The van der Waals surface area contributed by atoms with Crippen LogP contribution in [0.25, 0.3) is 0 Å². The highest BCUT2D eigenvalue weighted by Gasteiger charge is 2.79. The Kier molecular flexibility index (Phi) is 3.11. The molecule has 2 fully saturated rings. The maximum absolute atomic E-state index is 6.18. The first kappa shape index (κ1) is 15.4. The second-order valence-electron chi connectivity index (χ2n) is 8.75. The zero-order valence-electron chi connectivity index (χ0n) is 13.7. The molecule has 0 aliphatic carbocycles. The molecule has 112 valence electrons. The molecule has 4 nitrogen and oxygen atoms in total.